The van der Waals surface area contributed by atoms with E-state index in [1.807, 2.05) is 11.8 Å². The van der Waals surface area contributed by atoms with Crippen LogP contribution in [-0.2, 0) is 6.42 Å². The molecule has 0 heterocycles. The van der Waals surface area contributed by atoms with Crippen molar-refractivity contribution in [2.45, 2.75) is 45.6 Å². The minimum absolute atomic E-state index is 0.195. The molecule has 0 saturated heterocycles. The average Bonchev–Trinajstić information content (AvgIpc) is 2.30. The van der Waals surface area contributed by atoms with Gasteiger partial charge in [-0.25, -0.2) is 0 Å². The molecule has 1 aromatic carbocycles. The number of thioether (sulfide) groups is 1. The Balaban J connectivity index is 2.40. The van der Waals surface area contributed by atoms with Crippen LogP contribution in [0, 0.1) is 0 Å². The Labute approximate surface area is 110 Å². The van der Waals surface area contributed by atoms with E-state index in [9.17, 15) is 5.11 Å². The molecule has 0 spiro atoms. The number of hydrogen-bond acceptors (Lipinski definition) is 2. The predicted octanol–water partition coefficient (Wildman–Crippen LogP) is 3.86. The number of aliphatic hydroxyl groups excluding tert-OH is 1. The molecule has 96 valence electrons. The highest BCUT2D eigenvalue weighted by Crippen LogP contribution is 2.16. The van der Waals surface area contributed by atoms with Gasteiger partial charge in [-0.05, 0) is 41.4 Å². The van der Waals surface area contributed by atoms with Crippen LogP contribution in [0.4, 0.5) is 0 Å². The van der Waals surface area contributed by atoms with Gasteiger partial charge in [-0.15, -0.1) is 0 Å². The van der Waals surface area contributed by atoms with Gasteiger partial charge in [0.2, 0.25) is 0 Å². The maximum atomic E-state index is 9.89. The largest absolute Gasteiger partial charge is 0.393 e. The van der Waals surface area contributed by atoms with Crippen LogP contribution in [0.25, 0.3) is 0 Å². The van der Waals surface area contributed by atoms with Crippen LogP contribution in [0.1, 0.15) is 44.2 Å². The van der Waals surface area contributed by atoms with Crippen LogP contribution in [0.5, 0.6) is 0 Å². The number of aliphatic hydroxyl groups is 1. The lowest BCUT2D eigenvalue weighted by molar-refractivity contribution is 0.172. The van der Waals surface area contributed by atoms with Gasteiger partial charge < -0.3 is 5.11 Å². The third-order valence-corrected chi connectivity index (χ3v) is 3.85. The van der Waals surface area contributed by atoms with Crippen molar-refractivity contribution in [3.8, 4) is 0 Å². The van der Waals surface area contributed by atoms with Gasteiger partial charge in [-0.3, -0.25) is 0 Å². The molecule has 1 aromatic rings. The number of rotatable bonds is 7. The maximum Gasteiger partial charge on any atom is 0.0588 e. The fourth-order valence-electron chi connectivity index (χ4n) is 1.78. The van der Waals surface area contributed by atoms with E-state index in [0.717, 1.165) is 24.3 Å². The standard InChI is InChI=1S/C15H24OS/c1-4-17-10-9-15(16)11-13-5-7-14(8-6-13)12(2)3/h5-8,12,15-16H,4,9-11H2,1-3H3. The average molecular weight is 252 g/mol. The monoisotopic (exact) mass is 252 g/mol. The second-order valence-corrected chi connectivity index (χ2v) is 6.13. The van der Waals surface area contributed by atoms with E-state index < -0.39 is 0 Å². The summed E-state index contributed by atoms with van der Waals surface area (Å²) in [5.74, 6) is 2.77. The highest BCUT2D eigenvalue weighted by Gasteiger charge is 2.06. The second-order valence-electron chi connectivity index (χ2n) is 4.74. The zero-order valence-electron chi connectivity index (χ0n) is 11.1. The van der Waals surface area contributed by atoms with Crippen molar-refractivity contribution in [1.82, 2.24) is 0 Å². The first-order chi connectivity index (χ1) is 8.13. The summed E-state index contributed by atoms with van der Waals surface area (Å²) in [5, 5.41) is 9.89. The Kier molecular flexibility index (Phi) is 6.68. The number of benzene rings is 1. The lowest BCUT2D eigenvalue weighted by Crippen LogP contribution is -2.11. The van der Waals surface area contributed by atoms with E-state index in [0.29, 0.717) is 5.92 Å². The molecule has 0 bridgehead atoms. The molecule has 0 saturated carbocycles. The van der Waals surface area contributed by atoms with E-state index in [2.05, 4.69) is 45.0 Å². The van der Waals surface area contributed by atoms with Crippen molar-refractivity contribution in [2.24, 2.45) is 0 Å². The summed E-state index contributed by atoms with van der Waals surface area (Å²) in [5.41, 5.74) is 2.60. The Morgan fingerprint density at radius 1 is 1.18 bits per heavy atom. The lowest BCUT2D eigenvalue weighted by Gasteiger charge is -2.11. The van der Waals surface area contributed by atoms with Crippen LogP contribution in [0.2, 0.25) is 0 Å². The molecule has 1 N–H and O–H groups in total. The molecule has 1 atom stereocenters. The quantitative estimate of drug-likeness (QED) is 0.744. The minimum Gasteiger partial charge on any atom is -0.393 e. The van der Waals surface area contributed by atoms with Crippen molar-refractivity contribution in [3.63, 3.8) is 0 Å². The van der Waals surface area contributed by atoms with E-state index in [-0.39, 0.29) is 6.10 Å². The topological polar surface area (TPSA) is 20.2 Å². The van der Waals surface area contributed by atoms with E-state index in [1.54, 1.807) is 0 Å². The molecule has 1 nitrogen and oxygen atoms in total. The Bertz CT molecular complexity index is 305. The fourth-order valence-corrected chi connectivity index (χ4v) is 2.50. The SMILES string of the molecule is CCSCCC(O)Cc1ccc(C(C)C)cc1. The third-order valence-electron chi connectivity index (χ3n) is 2.92. The molecule has 0 amide bonds. The molecule has 0 aromatic heterocycles. The van der Waals surface area contributed by atoms with E-state index in [4.69, 9.17) is 0 Å². The first-order valence-electron chi connectivity index (χ1n) is 6.48. The fraction of sp³-hybridized carbons (Fsp3) is 0.600. The summed E-state index contributed by atoms with van der Waals surface area (Å²) in [4.78, 5) is 0. The van der Waals surface area contributed by atoms with Gasteiger partial charge >= 0.3 is 0 Å². The summed E-state index contributed by atoms with van der Waals surface area (Å²) in [7, 11) is 0. The Morgan fingerprint density at radius 2 is 1.82 bits per heavy atom. The summed E-state index contributed by atoms with van der Waals surface area (Å²) in [6.07, 6.45) is 1.48. The zero-order chi connectivity index (χ0) is 12.7. The van der Waals surface area contributed by atoms with Crippen molar-refractivity contribution >= 4 is 11.8 Å². The van der Waals surface area contributed by atoms with Crippen LogP contribution >= 0.6 is 11.8 Å². The van der Waals surface area contributed by atoms with Crippen molar-refractivity contribution in [2.75, 3.05) is 11.5 Å². The molecule has 0 radical (unpaired) electrons. The van der Waals surface area contributed by atoms with Crippen LogP contribution < -0.4 is 0 Å². The summed E-state index contributed by atoms with van der Waals surface area (Å²) in [6, 6.07) is 8.64. The summed E-state index contributed by atoms with van der Waals surface area (Å²) < 4.78 is 0. The molecule has 0 aliphatic rings. The first kappa shape index (κ1) is 14.6. The molecule has 0 fully saturated rings. The highest BCUT2D eigenvalue weighted by molar-refractivity contribution is 7.99. The van der Waals surface area contributed by atoms with Gasteiger partial charge in [0.15, 0.2) is 0 Å². The van der Waals surface area contributed by atoms with Gasteiger partial charge in [-0.2, -0.15) is 11.8 Å². The Morgan fingerprint density at radius 3 is 2.35 bits per heavy atom. The predicted molar refractivity (Wildman–Crippen MR) is 77.9 cm³/mol. The molecule has 2 heteroatoms. The van der Waals surface area contributed by atoms with Crippen molar-refractivity contribution < 1.29 is 5.11 Å². The minimum atomic E-state index is -0.195. The molecule has 0 aliphatic carbocycles. The number of hydrogen-bond donors (Lipinski definition) is 1. The molecule has 17 heavy (non-hydrogen) atoms. The normalized spacial score (nSPS) is 13.0. The van der Waals surface area contributed by atoms with Crippen LogP contribution in [0.15, 0.2) is 24.3 Å². The smallest absolute Gasteiger partial charge is 0.0588 e. The van der Waals surface area contributed by atoms with Gasteiger partial charge in [0.05, 0.1) is 6.10 Å². The molecular weight excluding hydrogens is 228 g/mol. The summed E-state index contributed by atoms with van der Waals surface area (Å²) >= 11 is 1.89. The van der Waals surface area contributed by atoms with Gasteiger partial charge in [-0.1, -0.05) is 45.0 Å². The molecular formula is C15H24OS. The first-order valence-corrected chi connectivity index (χ1v) is 7.63. The van der Waals surface area contributed by atoms with Gasteiger partial charge in [0, 0.05) is 0 Å². The van der Waals surface area contributed by atoms with Gasteiger partial charge in [0.25, 0.3) is 0 Å². The second kappa shape index (κ2) is 7.78. The molecule has 0 aliphatic heterocycles. The van der Waals surface area contributed by atoms with Crippen LogP contribution in [-0.4, -0.2) is 22.7 Å². The van der Waals surface area contributed by atoms with Crippen LogP contribution in [0.3, 0.4) is 0 Å². The summed E-state index contributed by atoms with van der Waals surface area (Å²) in [6.45, 7) is 6.55. The van der Waals surface area contributed by atoms with E-state index in [1.165, 1.54) is 11.1 Å². The zero-order valence-corrected chi connectivity index (χ0v) is 12.0. The highest BCUT2D eigenvalue weighted by atomic mass is 32.2. The van der Waals surface area contributed by atoms with Gasteiger partial charge in [0.1, 0.15) is 0 Å². The van der Waals surface area contributed by atoms with Crippen molar-refractivity contribution in [1.29, 1.82) is 0 Å². The lowest BCUT2D eigenvalue weighted by atomic mass is 9.99. The van der Waals surface area contributed by atoms with E-state index >= 15 is 0 Å². The Hall–Kier alpha value is -0.470. The third kappa shape index (κ3) is 5.60. The molecule has 1 rings (SSSR count). The van der Waals surface area contributed by atoms with Crippen molar-refractivity contribution in [3.05, 3.63) is 35.4 Å². The maximum absolute atomic E-state index is 9.89. The molecule has 1 unspecified atom stereocenters.